The van der Waals surface area contributed by atoms with E-state index in [4.69, 9.17) is 4.74 Å². The smallest absolute Gasteiger partial charge is 0.159 e. The summed E-state index contributed by atoms with van der Waals surface area (Å²) in [6.45, 7) is 1.89. The first-order valence-electron chi connectivity index (χ1n) is 7.64. The van der Waals surface area contributed by atoms with Crippen molar-refractivity contribution in [1.82, 2.24) is 4.90 Å². The van der Waals surface area contributed by atoms with E-state index in [2.05, 4.69) is 4.90 Å². The molecule has 116 valence electrons. The largest absolute Gasteiger partial charge is 0.387 e. The molecule has 5 heteroatoms. The quantitative estimate of drug-likeness (QED) is 0.931. The SMILES string of the molecule is O[C@H](CN1CCO[C@H]2CCCC[C@@H]21)c1ccc(F)c(F)c1. The summed E-state index contributed by atoms with van der Waals surface area (Å²) in [5.41, 5.74) is 0.424. The Morgan fingerprint density at radius 1 is 1.24 bits per heavy atom. The summed E-state index contributed by atoms with van der Waals surface area (Å²) < 4.78 is 32.0. The number of morpholine rings is 1. The molecule has 0 spiro atoms. The number of hydrogen-bond acceptors (Lipinski definition) is 3. The zero-order valence-corrected chi connectivity index (χ0v) is 12.0. The number of halogens is 2. The highest BCUT2D eigenvalue weighted by atomic mass is 19.2. The van der Waals surface area contributed by atoms with E-state index in [1.807, 2.05) is 0 Å². The van der Waals surface area contributed by atoms with Gasteiger partial charge in [0, 0.05) is 19.1 Å². The summed E-state index contributed by atoms with van der Waals surface area (Å²) in [7, 11) is 0. The number of fused-ring (bicyclic) bond motifs is 1. The second kappa shape index (κ2) is 6.38. The molecule has 1 aromatic carbocycles. The predicted octanol–water partition coefficient (Wildman–Crippen LogP) is 2.64. The molecule has 3 atom stereocenters. The van der Waals surface area contributed by atoms with Crippen LogP contribution in [0.15, 0.2) is 18.2 Å². The van der Waals surface area contributed by atoms with Crippen molar-refractivity contribution in [2.75, 3.05) is 19.7 Å². The summed E-state index contributed by atoms with van der Waals surface area (Å²) >= 11 is 0. The van der Waals surface area contributed by atoms with Crippen LogP contribution in [0.5, 0.6) is 0 Å². The molecule has 1 saturated heterocycles. The maximum absolute atomic E-state index is 13.3. The molecule has 3 rings (SSSR count). The average Bonchev–Trinajstić information content (AvgIpc) is 2.50. The molecule has 0 aromatic heterocycles. The number of β-amino-alcohol motifs (C(OH)–C–C–N with tert-alkyl or cyclic N) is 1. The van der Waals surface area contributed by atoms with E-state index in [1.54, 1.807) is 0 Å². The minimum Gasteiger partial charge on any atom is -0.387 e. The predicted molar refractivity (Wildman–Crippen MR) is 74.9 cm³/mol. The highest BCUT2D eigenvalue weighted by Gasteiger charge is 2.35. The first-order chi connectivity index (χ1) is 10.1. The van der Waals surface area contributed by atoms with Gasteiger partial charge in [-0.1, -0.05) is 18.9 Å². The Kier molecular flexibility index (Phi) is 4.52. The van der Waals surface area contributed by atoms with E-state index in [1.165, 1.54) is 18.9 Å². The summed E-state index contributed by atoms with van der Waals surface area (Å²) in [4.78, 5) is 2.24. The monoisotopic (exact) mass is 297 g/mol. The molecule has 1 aliphatic heterocycles. The third-order valence-electron chi connectivity index (χ3n) is 4.58. The number of aliphatic hydroxyl groups excluding tert-OH is 1. The molecule has 0 bridgehead atoms. The summed E-state index contributed by atoms with van der Waals surface area (Å²) in [5.74, 6) is -1.80. The molecule has 2 aliphatic rings. The van der Waals surface area contributed by atoms with E-state index < -0.39 is 17.7 Å². The van der Waals surface area contributed by atoms with Crippen LogP contribution in [0, 0.1) is 11.6 Å². The van der Waals surface area contributed by atoms with Crippen LogP contribution < -0.4 is 0 Å². The lowest BCUT2D eigenvalue weighted by Crippen LogP contribution is -2.53. The Hall–Kier alpha value is -1.04. The molecule has 0 unspecified atom stereocenters. The lowest BCUT2D eigenvalue weighted by Gasteiger charge is -2.44. The lowest BCUT2D eigenvalue weighted by atomic mass is 9.89. The van der Waals surface area contributed by atoms with Crippen LogP contribution in [0.1, 0.15) is 37.4 Å². The average molecular weight is 297 g/mol. The van der Waals surface area contributed by atoms with Gasteiger partial charge < -0.3 is 9.84 Å². The maximum atomic E-state index is 13.3. The molecule has 0 radical (unpaired) electrons. The highest BCUT2D eigenvalue weighted by molar-refractivity contribution is 5.20. The highest BCUT2D eigenvalue weighted by Crippen LogP contribution is 2.30. The van der Waals surface area contributed by atoms with Crippen molar-refractivity contribution in [2.24, 2.45) is 0 Å². The second-order valence-corrected chi connectivity index (χ2v) is 5.95. The van der Waals surface area contributed by atoms with Gasteiger partial charge in [-0.2, -0.15) is 0 Å². The van der Waals surface area contributed by atoms with Gasteiger partial charge in [-0.3, -0.25) is 4.90 Å². The van der Waals surface area contributed by atoms with Crippen LogP contribution in [0.2, 0.25) is 0 Å². The molecule has 1 aromatic rings. The third kappa shape index (κ3) is 3.25. The minimum atomic E-state index is -0.913. The number of ether oxygens (including phenoxy) is 1. The van der Waals surface area contributed by atoms with Crippen LogP contribution in [0.25, 0.3) is 0 Å². The van der Waals surface area contributed by atoms with E-state index in [-0.39, 0.29) is 6.10 Å². The van der Waals surface area contributed by atoms with Crippen LogP contribution in [-0.4, -0.2) is 41.8 Å². The molecule has 0 amide bonds. The van der Waals surface area contributed by atoms with Crippen molar-refractivity contribution in [2.45, 2.75) is 43.9 Å². The Balaban J connectivity index is 1.68. The van der Waals surface area contributed by atoms with Gasteiger partial charge in [-0.25, -0.2) is 8.78 Å². The fourth-order valence-electron chi connectivity index (χ4n) is 3.45. The van der Waals surface area contributed by atoms with Crippen molar-refractivity contribution in [1.29, 1.82) is 0 Å². The summed E-state index contributed by atoms with van der Waals surface area (Å²) in [6.07, 6.45) is 3.98. The molecule has 3 nitrogen and oxygen atoms in total. The van der Waals surface area contributed by atoms with Crippen molar-refractivity contribution in [3.8, 4) is 0 Å². The topological polar surface area (TPSA) is 32.7 Å². The lowest BCUT2D eigenvalue weighted by molar-refractivity contribution is -0.0975. The van der Waals surface area contributed by atoms with Crippen LogP contribution in [-0.2, 0) is 4.74 Å². The van der Waals surface area contributed by atoms with Crippen LogP contribution in [0.3, 0.4) is 0 Å². The molecule has 1 saturated carbocycles. The van der Waals surface area contributed by atoms with E-state index in [0.29, 0.717) is 24.8 Å². The van der Waals surface area contributed by atoms with Crippen molar-refractivity contribution < 1.29 is 18.6 Å². The Bertz CT molecular complexity index is 495. The Labute approximate surface area is 123 Å². The van der Waals surface area contributed by atoms with Gasteiger partial charge in [0.15, 0.2) is 11.6 Å². The van der Waals surface area contributed by atoms with Gasteiger partial charge in [0.2, 0.25) is 0 Å². The van der Waals surface area contributed by atoms with Gasteiger partial charge in [0.1, 0.15) is 0 Å². The van der Waals surface area contributed by atoms with Crippen LogP contribution >= 0.6 is 0 Å². The second-order valence-electron chi connectivity index (χ2n) is 5.95. The standard InChI is InChI=1S/C16H21F2NO2/c17-12-6-5-11(9-13(12)18)15(20)10-19-7-8-21-16-4-2-1-3-14(16)19/h5-6,9,14-16,20H,1-4,7-8,10H2/t14-,15+,16-/m0/s1. The molecule has 1 N–H and O–H groups in total. The van der Waals surface area contributed by atoms with Crippen LogP contribution in [0.4, 0.5) is 8.78 Å². The summed E-state index contributed by atoms with van der Waals surface area (Å²) in [6, 6.07) is 3.93. The molecular weight excluding hydrogens is 276 g/mol. The fraction of sp³-hybridized carbons (Fsp3) is 0.625. The normalized spacial score (nSPS) is 28.1. The zero-order valence-electron chi connectivity index (χ0n) is 12.0. The molecule has 1 heterocycles. The fourth-order valence-corrected chi connectivity index (χ4v) is 3.45. The first-order valence-corrected chi connectivity index (χ1v) is 7.64. The Morgan fingerprint density at radius 3 is 2.86 bits per heavy atom. The Morgan fingerprint density at radius 2 is 2.05 bits per heavy atom. The first kappa shape index (κ1) is 14.9. The van der Waals surface area contributed by atoms with E-state index in [9.17, 15) is 13.9 Å². The van der Waals surface area contributed by atoms with Crippen molar-refractivity contribution in [3.05, 3.63) is 35.4 Å². The molecular formula is C16H21F2NO2. The van der Waals surface area contributed by atoms with Gasteiger partial charge in [0.25, 0.3) is 0 Å². The molecule has 2 fully saturated rings. The number of hydrogen-bond donors (Lipinski definition) is 1. The van der Waals surface area contributed by atoms with Gasteiger partial charge in [-0.15, -0.1) is 0 Å². The van der Waals surface area contributed by atoms with Gasteiger partial charge in [0.05, 0.1) is 18.8 Å². The molecule has 1 aliphatic carbocycles. The van der Waals surface area contributed by atoms with Crippen molar-refractivity contribution >= 4 is 0 Å². The minimum absolute atomic E-state index is 0.254. The third-order valence-corrected chi connectivity index (χ3v) is 4.58. The van der Waals surface area contributed by atoms with Gasteiger partial charge >= 0.3 is 0 Å². The van der Waals surface area contributed by atoms with Gasteiger partial charge in [-0.05, 0) is 30.5 Å². The molecule has 21 heavy (non-hydrogen) atoms. The number of nitrogens with zero attached hydrogens (tertiary/aromatic N) is 1. The van der Waals surface area contributed by atoms with Crippen molar-refractivity contribution in [3.63, 3.8) is 0 Å². The summed E-state index contributed by atoms with van der Waals surface area (Å²) in [5, 5.41) is 10.3. The van der Waals surface area contributed by atoms with E-state index >= 15 is 0 Å². The number of rotatable bonds is 3. The number of benzene rings is 1. The zero-order chi connectivity index (χ0) is 14.8. The number of aliphatic hydroxyl groups is 1. The maximum Gasteiger partial charge on any atom is 0.159 e. The van der Waals surface area contributed by atoms with E-state index in [0.717, 1.165) is 31.5 Å².